The molecular formula is C9H11F3N2O. The monoisotopic (exact) mass is 220 g/mol. The number of hydrogen-bond donors (Lipinski definition) is 0. The first-order chi connectivity index (χ1) is 6.81. The van der Waals surface area contributed by atoms with Gasteiger partial charge in [-0.15, -0.1) is 0 Å². The fraction of sp³-hybridized carbons (Fsp3) is 0.778. The van der Waals surface area contributed by atoms with Crippen molar-refractivity contribution in [3.05, 3.63) is 0 Å². The third kappa shape index (κ3) is 2.85. The Morgan fingerprint density at radius 3 is 2.40 bits per heavy atom. The molecular weight excluding hydrogens is 209 g/mol. The van der Waals surface area contributed by atoms with Gasteiger partial charge in [0.15, 0.2) is 0 Å². The Morgan fingerprint density at radius 1 is 1.53 bits per heavy atom. The summed E-state index contributed by atoms with van der Waals surface area (Å²) >= 11 is 0. The summed E-state index contributed by atoms with van der Waals surface area (Å²) in [7, 11) is 1.30. The minimum absolute atomic E-state index is 0.383. The first-order valence-corrected chi connectivity index (χ1v) is 4.54. The molecule has 0 bridgehead atoms. The zero-order valence-electron chi connectivity index (χ0n) is 8.26. The Hall–Kier alpha value is -1.25. The summed E-state index contributed by atoms with van der Waals surface area (Å²) in [5.41, 5.74) is -1.03. The van der Waals surface area contributed by atoms with E-state index in [2.05, 4.69) is 0 Å². The summed E-state index contributed by atoms with van der Waals surface area (Å²) < 4.78 is 35.6. The largest absolute Gasteiger partial charge is 0.390 e. The van der Waals surface area contributed by atoms with E-state index in [9.17, 15) is 18.0 Å². The van der Waals surface area contributed by atoms with E-state index in [0.29, 0.717) is 12.8 Å². The van der Waals surface area contributed by atoms with Gasteiger partial charge >= 0.3 is 6.18 Å². The minimum atomic E-state index is -4.27. The molecule has 84 valence electrons. The van der Waals surface area contributed by atoms with Crippen molar-refractivity contribution in [3.63, 3.8) is 0 Å². The highest BCUT2D eigenvalue weighted by Crippen LogP contribution is 2.46. The van der Waals surface area contributed by atoms with Crippen LogP contribution in [-0.2, 0) is 4.79 Å². The van der Waals surface area contributed by atoms with Crippen LogP contribution in [0.1, 0.15) is 19.3 Å². The normalized spacial score (nSPS) is 18.1. The molecule has 1 saturated carbocycles. The van der Waals surface area contributed by atoms with Gasteiger partial charge in [0.05, 0.1) is 12.5 Å². The molecule has 1 amide bonds. The van der Waals surface area contributed by atoms with Crippen molar-refractivity contribution >= 4 is 5.91 Å². The highest BCUT2D eigenvalue weighted by Gasteiger charge is 2.52. The lowest BCUT2D eigenvalue weighted by Crippen LogP contribution is -2.35. The summed E-state index contributed by atoms with van der Waals surface area (Å²) in [5, 5.41) is 8.68. The summed E-state index contributed by atoms with van der Waals surface area (Å²) in [5.74, 6) is -0.491. The van der Waals surface area contributed by atoms with Gasteiger partial charge < -0.3 is 4.90 Å². The summed E-state index contributed by atoms with van der Waals surface area (Å²) in [6.45, 7) is -0.383. The zero-order chi connectivity index (χ0) is 11.7. The Kier molecular flexibility index (Phi) is 2.93. The predicted octanol–water partition coefficient (Wildman–Crippen LogP) is 1.70. The number of amides is 1. The van der Waals surface area contributed by atoms with Gasteiger partial charge in [0.2, 0.25) is 5.91 Å². The third-order valence-corrected chi connectivity index (χ3v) is 2.45. The maximum absolute atomic E-state index is 11.9. The molecule has 15 heavy (non-hydrogen) atoms. The van der Waals surface area contributed by atoms with Crippen molar-refractivity contribution in [3.8, 4) is 6.07 Å². The van der Waals surface area contributed by atoms with Crippen LogP contribution in [0.5, 0.6) is 0 Å². The lowest BCUT2D eigenvalue weighted by Gasteiger charge is -2.20. The van der Waals surface area contributed by atoms with Crippen LogP contribution < -0.4 is 0 Å². The highest BCUT2D eigenvalue weighted by atomic mass is 19.4. The van der Waals surface area contributed by atoms with Crippen molar-refractivity contribution in [2.45, 2.75) is 25.4 Å². The fourth-order valence-corrected chi connectivity index (χ4v) is 1.26. The quantitative estimate of drug-likeness (QED) is 0.726. The molecule has 0 aliphatic heterocycles. The van der Waals surface area contributed by atoms with E-state index >= 15 is 0 Å². The molecule has 0 saturated heterocycles. The van der Waals surface area contributed by atoms with E-state index in [1.807, 2.05) is 6.07 Å². The van der Waals surface area contributed by atoms with Gasteiger partial charge in [-0.05, 0) is 12.8 Å². The minimum Gasteiger partial charge on any atom is -0.344 e. The van der Waals surface area contributed by atoms with E-state index in [0.717, 1.165) is 4.90 Å². The number of hydrogen-bond acceptors (Lipinski definition) is 2. The van der Waals surface area contributed by atoms with Crippen LogP contribution in [-0.4, -0.2) is 30.6 Å². The standard InChI is InChI=1S/C9H11F3N2O/c1-14(5-4-9(10,11)12)7(15)8(6-13)2-3-8/h2-5H2,1H3. The second kappa shape index (κ2) is 3.72. The highest BCUT2D eigenvalue weighted by molar-refractivity contribution is 5.88. The molecule has 6 heteroatoms. The number of nitrogens with zero attached hydrogens (tertiary/aromatic N) is 2. The van der Waals surface area contributed by atoms with E-state index in [4.69, 9.17) is 5.26 Å². The number of carbonyl (C=O) groups is 1. The topological polar surface area (TPSA) is 44.1 Å². The first-order valence-electron chi connectivity index (χ1n) is 4.54. The SMILES string of the molecule is CN(CCC(F)(F)F)C(=O)C1(C#N)CC1. The fourth-order valence-electron chi connectivity index (χ4n) is 1.26. The number of nitriles is 1. The van der Waals surface area contributed by atoms with E-state index < -0.39 is 23.9 Å². The molecule has 0 heterocycles. The summed E-state index contributed by atoms with van der Waals surface area (Å²) in [4.78, 5) is 12.5. The molecule has 0 aromatic rings. The molecule has 0 spiro atoms. The number of alkyl halides is 3. The van der Waals surface area contributed by atoms with Crippen molar-refractivity contribution < 1.29 is 18.0 Å². The van der Waals surface area contributed by atoms with Gasteiger partial charge in [0, 0.05) is 13.6 Å². The number of rotatable bonds is 3. The van der Waals surface area contributed by atoms with Crippen molar-refractivity contribution in [1.29, 1.82) is 5.26 Å². The van der Waals surface area contributed by atoms with Gasteiger partial charge in [-0.2, -0.15) is 18.4 Å². The molecule has 0 unspecified atom stereocenters. The molecule has 0 radical (unpaired) electrons. The van der Waals surface area contributed by atoms with E-state index in [-0.39, 0.29) is 6.54 Å². The number of halogens is 3. The smallest absolute Gasteiger partial charge is 0.344 e. The predicted molar refractivity (Wildman–Crippen MR) is 45.6 cm³/mol. The van der Waals surface area contributed by atoms with Gasteiger partial charge in [0.1, 0.15) is 5.41 Å². The molecule has 1 aliphatic carbocycles. The third-order valence-electron chi connectivity index (χ3n) is 2.45. The summed E-state index contributed by atoms with van der Waals surface area (Å²) in [6, 6.07) is 1.86. The first kappa shape index (κ1) is 11.8. The van der Waals surface area contributed by atoms with Gasteiger partial charge in [-0.1, -0.05) is 0 Å². The average molecular weight is 220 g/mol. The second-order valence-electron chi connectivity index (χ2n) is 3.79. The molecule has 1 rings (SSSR count). The Bertz CT molecular complexity index is 301. The maximum atomic E-state index is 11.9. The van der Waals surface area contributed by atoms with Gasteiger partial charge in [0.25, 0.3) is 0 Å². The van der Waals surface area contributed by atoms with Crippen LogP contribution in [0.25, 0.3) is 0 Å². The Labute approximate surface area is 85.5 Å². The second-order valence-corrected chi connectivity index (χ2v) is 3.79. The van der Waals surface area contributed by atoms with Gasteiger partial charge in [-0.3, -0.25) is 4.79 Å². The average Bonchev–Trinajstić information content (AvgIpc) is 2.92. The van der Waals surface area contributed by atoms with Crippen molar-refractivity contribution in [2.75, 3.05) is 13.6 Å². The van der Waals surface area contributed by atoms with E-state index in [1.54, 1.807) is 0 Å². The van der Waals surface area contributed by atoms with Crippen LogP contribution in [0.4, 0.5) is 13.2 Å². The van der Waals surface area contributed by atoms with Crippen LogP contribution in [0.15, 0.2) is 0 Å². The Morgan fingerprint density at radius 2 is 2.07 bits per heavy atom. The molecule has 1 aliphatic rings. The van der Waals surface area contributed by atoms with Crippen LogP contribution in [0.3, 0.4) is 0 Å². The Balaban J connectivity index is 2.45. The number of carbonyl (C=O) groups excluding carboxylic acids is 1. The van der Waals surface area contributed by atoms with Crippen LogP contribution in [0.2, 0.25) is 0 Å². The van der Waals surface area contributed by atoms with Gasteiger partial charge in [-0.25, -0.2) is 0 Å². The summed E-state index contributed by atoms with van der Waals surface area (Å²) in [6.07, 6.45) is -4.38. The van der Waals surface area contributed by atoms with Crippen molar-refractivity contribution in [1.82, 2.24) is 4.90 Å². The maximum Gasteiger partial charge on any atom is 0.390 e. The van der Waals surface area contributed by atoms with Crippen LogP contribution in [0, 0.1) is 16.7 Å². The molecule has 0 atom stereocenters. The molecule has 1 fully saturated rings. The molecule has 0 aromatic carbocycles. The lowest BCUT2D eigenvalue weighted by molar-refractivity contribution is -0.145. The molecule has 0 N–H and O–H groups in total. The zero-order valence-corrected chi connectivity index (χ0v) is 8.26. The molecule has 3 nitrogen and oxygen atoms in total. The van der Waals surface area contributed by atoms with Crippen LogP contribution >= 0.6 is 0 Å². The molecule has 0 aromatic heterocycles. The van der Waals surface area contributed by atoms with E-state index in [1.165, 1.54) is 7.05 Å². The lowest BCUT2D eigenvalue weighted by atomic mass is 10.1. The van der Waals surface area contributed by atoms with Crippen molar-refractivity contribution in [2.24, 2.45) is 5.41 Å².